The highest BCUT2D eigenvalue weighted by Crippen LogP contribution is 2.08. The van der Waals surface area contributed by atoms with Gasteiger partial charge in [-0.1, -0.05) is 34.1 Å². The summed E-state index contributed by atoms with van der Waals surface area (Å²) in [6.07, 6.45) is 0.635. The van der Waals surface area contributed by atoms with E-state index in [0.717, 1.165) is 0 Å². The molecule has 0 aromatic heterocycles. The van der Waals surface area contributed by atoms with Gasteiger partial charge in [-0.2, -0.15) is 0 Å². The van der Waals surface area contributed by atoms with Gasteiger partial charge in [0, 0.05) is 13.6 Å². The first-order chi connectivity index (χ1) is 9.68. The highest BCUT2D eigenvalue weighted by Gasteiger charge is 2.26. The molecular weight excluding hydrogens is 274 g/mol. The topological polar surface area (TPSA) is 98.7 Å². The Kier molecular flexibility index (Phi) is 8.42. The smallest absolute Gasteiger partial charge is 0.326 e. The van der Waals surface area contributed by atoms with Crippen molar-refractivity contribution >= 4 is 17.9 Å². The van der Waals surface area contributed by atoms with Crippen LogP contribution in [0.3, 0.4) is 0 Å². The third-order valence-electron chi connectivity index (χ3n) is 3.19. The Bertz CT molecular complexity index is 371. The van der Waals surface area contributed by atoms with E-state index in [2.05, 4.69) is 10.6 Å². The number of urea groups is 1. The van der Waals surface area contributed by atoms with Crippen molar-refractivity contribution < 1.29 is 19.5 Å². The van der Waals surface area contributed by atoms with E-state index >= 15 is 0 Å². The van der Waals surface area contributed by atoms with Crippen LogP contribution in [0.4, 0.5) is 4.79 Å². The monoisotopic (exact) mass is 301 g/mol. The van der Waals surface area contributed by atoms with E-state index in [1.807, 2.05) is 20.8 Å². The van der Waals surface area contributed by atoms with Crippen LogP contribution < -0.4 is 10.6 Å². The second-order valence-electron chi connectivity index (χ2n) is 5.70. The van der Waals surface area contributed by atoms with E-state index in [1.54, 1.807) is 6.92 Å². The number of likely N-dealkylation sites (N-methyl/N-ethyl adjacent to an activating group) is 1. The van der Waals surface area contributed by atoms with Gasteiger partial charge in [0.25, 0.3) is 0 Å². The fourth-order valence-corrected chi connectivity index (χ4v) is 1.59. The normalized spacial score (nSPS) is 13.4. The summed E-state index contributed by atoms with van der Waals surface area (Å²) in [5.41, 5.74) is 0. The maximum atomic E-state index is 11.9. The largest absolute Gasteiger partial charge is 0.480 e. The Hall–Kier alpha value is -1.79. The van der Waals surface area contributed by atoms with Crippen LogP contribution in [0.5, 0.6) is 0 Å². The molecule has 0 aromatic carbocycles. The molecule has 3 amide bonds. The molecule has 2 atom stereocenters. The Morgan fingerprint density at radius 2 is 1.76 bits per heavy atom. The van der Waals surface area contributed by atoms with Crippen LogP contribution >= 0.6 is 0 Å². The van der Waals surface area contributed by atoms with Gasteiger partial charge < -0.3 is 20.6 Å². The number of amides is 3. The summed E-state index contributed by atoms with van der Waals surface area (Å²) in [5.74, 6) is -1.20. The molecule has 7 heteroatoms. The molecule has 0 aliphatic rings. The van der Waals surface area contributed by atoms with Crippen molar-refractivity contribution in [3.05, 3.63) is 0 Å². The molecule has 0 saturated heterocycles. The molecule has 0 spiro atoms. The minimum absolute atomic E-state index is 0.106. The molecule has 21 heavy (non-hydrogen) atoms. The fourth-order valence-electron chi connectivity index (χ4n) is 1.59. The van der Waals surface area contributed by atoms with Crippen LogP contribution in [-0.4, -0.2) is 54.1 Å². The standard InChI is InChI=1S/C14H27N3O4/c1-6-10(4)12(13(19)20)16-14(21)17(5)8-11(18)15-7-9(2)3/h9-10,12H,6-8H2,1-5H3,(H,15,18)(H,16,21)(H,19,20). The molecule has 7 nitrogen and oxygen atoms in total. The number of nitrogens with zero attached hydrogens (tertiary/aromatic N) is 1. The number of carboxylic acids is 1. The Morgan fingerprint density at radius 1 is 1.19 bits per heavy atom. The minimum atomic E-state index is -1.07. The summed E-state index contributed by atoms with van der Waals surface area (Å²) in [4.78, 5) is 35.9. The van der Waals surface area contributed by atoms with Gasteiger partial charge >= 0.3 is 12.0 Å². The van der Waals surface area contributed by atoms with Crippen molar-refractivity contribution in [2.75, 3.05) is 20.1 Å². The lowest BCUT2D eigenvalue weighted by molar-refractivity contribution is -0.140. The van der Waals surface area contributed by atoms with Crippen LogP contribution in [0.15, 0.2) is 0 Å². The second kappa shape index (κ2) is 9.20. The number of nitrogens with one attached hydrogen (secondary N) is 2. The van der Waals surface area contributed by atoms with Crippen LogP contribution in [0, 0.1) is 11.8 Å². The third-order valence-corrected chi connectivity index (χ3v) is 3.19. The second-order valence-corrected chi connectivity index (χ2v) is 5.70. The van der Waals surface area contributed by atoms with Crippen LogP contribution in [0.1, 0.15) is 34.1 Å². The van der Waals surface area contributed by atoms with Crippen molar-refractivity contribution in [1.82, 2.24) is 15.5 Å². The first-order valence-electron chi connectivity index (χ1n) is 7.20. The van der Waals surface area contributed by atoms with E-state index in [9.17, 15) is 14.4 Å². The number of carbonyl (C=O) groups excluding carboxylic acids is 2. The summed E-state index contributed by atoms with van der Waals surface area (Å²) in [5, 5.41) is 14.3. The van der Waals surface area contributed by atoms with Crippen molar-refractivity contribution in [3.63, 3.8) is 0 Å². The van der Waals surface area contributed by atoms with Gasteiger partial charge in [-0.25, -0.2) is 9.59 Å². The molecule has 0 fully saturated rings. The highest BCUT2D eigenvalue weighted by molar-refractivity contribution is 5.86. The van der Waals surface area contributed by atoms with Gasteiger partial charge in [-0.3, -0.25) is 4.79 Å². The zero-order valence-corrected chi connectivity index (χ0v) is 13.5. The van der Waals surface area contributed by atoms with Crippen molar-refractivity contribution in [3.8, 4) is 0 Å². The Balaban J connectivity index is 4.42. The summed E-state index contributed by atoms with van der Waals surface area (Å²) >= 11 is 0. The molecule has 0 saturated carbocycles. The van der Waals surface area contributed by atoms with Gasteiger partial charge in [0.1, 0.15) is 12.6 Å². The minimum Gasteiger partial charge on any atom is -0.480 e. The fraction of sp³-hybridized carbons (Fsp3) is 0.786. The van der Waals surface area contributed by atoms with E-state index in [1.165, 1.54) is 11.9 Å². The van der Waals surface area contributed by atoms with Crippen molar-refractivity contribution in [2.24, 2.45) is 11.8 Å². The molecule has 122 valence electrons. The van der Waals surface area contributed by atoms with Gasteiger partial charge in [0.15, 0.2) is 0 Å². The Labute approximate surface area is 126 Å². The number of rotatable bonds is 8. The lowest BCUT2D eigenvalue weighted by Gasteiger charge is -2.24. The summed E-state index contributed by atoms with van der Waals surface area (Å²) in [6, 6.07) is -1.52. The first-order valence-corrected chi connectivity index (χ1v) is 7.20. The van der Waals surface area contributed by atoms with Gasteiger partial charge in [0.2, 0.25) is 5.91 Å². The molecule has 0 aliphatic carbocycles. The molecule has 0 aliphatic heterocycles. The van der Waals surface area contributed by atoms with Gasteiger partial charge in [-0.15, -0.1) is 0 Å². The lowest BCUT2D eigenvalue weighted by Crippen LogP contribution is -2.51. The zero-order valence-electron chi connectivity index (χ0n) is 13.5. The first kappa shape index (κ1) is 19.2. The number of aliphatic carboxylic acids is 1. The number of carboxylic acid groups (broad SMARTS) is 1. The van der Waals surface area contributed by atoms with E-state index < -0.39 is 18.0 Å². The summed E-state index contributed by atoms with van der Waals surface area (Å²) in [6.45, 7) is 8.00. The van der Waals surface area contributed by atoms with Gasteiger partial charge in [-0.05, 0) is 11.8 Å². The van der Waals surface area contributed by atoms with Crippen LogP contribution in [0.25, 0.3) is 0 Å². The molecule has 0 radical (unpaired) electrons. The van der Waals surface area contributed by atoms with Gasteiger partial charge in [0.05, 0.1) is 0 Å². The van der Waals surface area contributed by atoms with E-state index in [4.69, 9.17) is 5.11 Å². The quantitative estimate of drug-likeness (QED) is 0.620. The maximum Gasteiger partial charge on any atom is 0.326 e. The average molecular weight is 301 g/mol. The average Bonchev–Trinajstić information content (AvgIpc) is 2.40. The molecule has 0 rings (SSSR count). The maximum absolute atomic E-state index is 11.9. The summed E-state index contributed by atoms with van der Waals surface area (Å²) in [7, 11) is 1.46. The van der Waals surface area contributed by atoms with E-state index in [-0.39, 0.29) is 18.4 Å². The highest BCUT2D eigenvalue weighted by atomic mass is 16.4. The van der Waals surface area contributed by atoms with E-state index in [0.29, 0.717) is 18.9 Å². The molecular formula is C14H27N3O4. The van der Waals surface area contributed by atoms with Crippen molar-refractivity contribution in [2.45, 2.75) is 40.2 Å². The number of carbonyl (C=O) groups is 3. The van der Waals surface area contributed by atoms with Crippen molar-refractivity contribution in [1.29, 1.82) is 0 Å². The summed E-state index contributed by atoms with van der Waals surface area (Å²) < 4.78 is 0. The third kappa shape index (κ3) is 7.53. The van der Waals surface area contributed by atoms with Crippen LogP contribution in [-0.2, 0) is 9.59 Å². The van der Waals surface area contributed by atoms with Crippen LogP contribution in [0.2, 0.25) is 0 Å². The number of hydrogen-bond acceptors (Lipinski definition) is 3. The molecule has 0 bridgehead atoms. The molecule has 2 unspecified atom stereocenters. The molecule has 0 heterocycles. The predicted molar refractivity (Wildman–Crippen MR) is 79.9 cm³/mol. The zero-order chi connectivity index (χ0) is 16.6. The number of hydrogen-bond donors (Lipinski definition) is 3. The lowest BCUT2D eigenvalue weighted by atomic mass is 9.99. The molecule has 3 N–H and O–H groups in total. The molecule has 0 aromatic rings. The SMILES string of the molecule is CCC(C)C(NC(=O)N(C)CC(=O)NCC(C)C)C(=O)O. The predicted octanol–water partition coefficient (Wildman–Crippen LogP) is 0.899. The Morgan fingerprint density at radius 3 is 2.19 bits per heavy atom.